The number of hydrogen-bond donors (Lipinski definition) is 1. The summed E-state index contributed by atoms with van der Waals surface area (Å²) in [5.41, 5.74) is 9.34. The summed E-state index contributed by atoms with van der Waals surface area (Å²) in [5.74, 6) is 0.0811. The van der Waals surface area contributed by atoms with Crippen LogP contribution in [-0.4, -0.2) is 20.8 Å². The van der Waals surface area contributed by atoms with Gasteiger partial charge in [0.25, 0.3) is 0 Å². The molecule has 1 aliphatic heterocycles. The van der Waals surface area contributed by atoms with Gasteiger partial charge in [0.05, 0.1) is 23.9 Å². The maximum absolute atomic E-state index is 11.8. The number of ether oxygens (including phenoxy) is 1. The van der Waals surface area contributed by atoms with E-state index in [4.69, 9.17) is 22.1 Å². The molecule has 0 saturated carbocycles. The standard InChI is InChI=1S/C17H14ClN3O2S/c1-24(22)14-6-13(20-17(19)21-14)16-11-4-2-3-9-7-23-8-10(15(9)11)5-12(16)18/h2-6H,7-8H2,1H3,(H2,19,20,21). The Morgan fingerprint density at radius 2 is 2.00 bits per heavy atom. The van der Waals surface area contributed by atoms with Gasteiger partial charge in [-0.1, -0.05) is 29.8 Å². The lowest BCUT2D eigenvalue weighted by Crippen LogP contribution is -2.07. The molecule has 0 fully saturated rings. The molecule has 0 aliphatic carbocycles. The summed E-state index contributed by atoms with van der Waals surface area (Å²) in [5, 5.41) is 3.08. The minimum absolute atomic E-state index is 0.0811. The molecule has 0 saturated heterocycles. The molecule has 2 N–H and O–H groups in total. The van der Waals surface area contributed by atoms with Crippen molar-refractivity contribution in [3.63, 3.8) is 0 Å². The number of rotatable bonds is 2. The Balaban J connectivity index is 2.05. The first kappa shape index (κ1) is 15.7. The van der Waals surface area contributed by atoms with Crippen LogP contribution in [0, 0.1) is 0 Å². The second kappa shape index (κ2) is 5.89. The third-order valence-electron chi connectivity index (χ3n) is 4.07. The van der Waals surface area contributed by atoms with Crippen LogP contribution in [0.3, 0.4) is 0 Å². The maximum atomic E-state index is 11.8. The van der Waals surface area contributed by atoms with Gasteiger partial charge in [-0.25, -0.2) is 4.98 Å². The second-order valence-corrected chi connectivity index (χ2v) is 7.36. The molecule has 2 aromatic carbocycles. The molecule has 0 radical (unpaired) electrons. The van der Waals surface area contributed by atoms with Crippen molar-refractivity contribution in [3.8, 4) is 11.3 Å². The molecule has 24 heavy (non-hydrogen) atoms. The highest BCUT2D eigenvalue weighted by atomic mass is 35.5. The number of halogens is 1. The fraction of sp³-hybridized carbons (Fsp3) is 0.176. The van der Waals surface area contributed by atoms with E-state index in [-0.39, 0.29) is 5.95 Å². The smallest absolute Gasteiger partial charge is 0.249 e. The minimum Gasteiger partial charge on any atom is -0.610 e. The van der Waals surface area contributed by atoms with Gasteiger partial charge in [-0.15, -0.1) is 0 Å². The molecule has 4 rings (SSSR count). The molecule has 1 aliphatic rings. The summed E-state index contributed by atoms with van der Waals surface area (Å²) in [4.78, 5) is 8.35. The minimum atomic E-state index is -1.26. The average molecular weight is 360 g/mol. The number of aromatic nitrogens is 2. The highest BCUT2D eigenvalue weighted by Crippen LogP contribution is 2.40. The van der Waals surface area contributed by atoms with Crippen molar-refractivity contribution in [1.82, 2.24) is 9.97 Å². The lowest BCUT2D eigenvalue weighted by molar-refractivity contribution is 0.103. The average Bonchev–Trinajstić information content (AvgIpc) is 2.54. The van der Waals surface area contributed by atoms with Crippen LogP contribution >= 0.6 is 11.6 Å². The Kier molecular flexibility index (Phi) is 3.85. The number of anilines is 1. The topological polar surface area (TPSA) is 84.1 Å². The van der Waals surface area contributed by atoms with Crippen LogP contribution in [0.2, 0.25) is 5.02 Å². The zero-order valence-electron chi connectivity index (χ0n) is 12.9. The third kappa shape index (κ3) is 2.52. The van der Waals surface area contributed by atoms with Gasteiger partial charge in [0.15, 0.2) is 0 Å². The normalized spacial score (nSPS) is 14.8. The molecule has 7 heteroatoms. The molecule has 1 aromatic heterocycles. The molecule has 2 heterocycles. The van der Waals surface area contributed by atoms with Gasteiger partial charge >= 0.3 is 0 Å². The molecule has 0 spiro atoms. The number of benzene rings is 2. The molecule has 5 nitrogen and oxygen atoms in total. The van der Waals surface area contributed by atoms with E-state index in [0.29, 0.717) is 29.0 Å². The monoisotopic (exact) mass is 359 g/mol. The molecule has 0 bridgehead atoms. The van der Waals surface area contributed by atoms with Gasteiger partial charge in [-0.05, 0) is 28.0 Å². The molecular weight excluding hydrogens is 346 g/mol. The molecule has 0 amide bonds. The Hall–Kier alpha value is -1.86. The lowest BCUT2D eigenvalue weighted by atomic mass is 9.93. The van der Waals surface area contributed by atoms with E-state index in [2.05, 4.69) is 9.97 Å². The van der Waals surface area contributed by atoms with Crippen LogP contribution in [0.4, 0.5) is 5.95 Å². The summed E-state index contributed by atoms with van der Waals surface area (Å²) < 4.78 is 17.4. The van der Waals surface area contributed by atoms with Crippen LogP contribution in [0.1, 0.15) is 11.1 Å². The fourth-order valence-corrected chi connectivity index (χ4v) is 3.93. The largest absolute Gasteiger partial charge is 0.610 e. The van der Waals surface area contributed by atoms with Crippen LogP contribution in [-0.2, 0) is 29.1 Å². The fourth-order valence-electron chi connectivity index (χ4n) is 3.10. The predicted octanol–water partition coefficient (Wildman–Crippen LogP) is 3.30. The maximum Gasteiger partial charge on any atom is 0.249 e. The molecule has 3 aromatic rings. The van der Waals surface area contributed by atoms with Crippen LogP contribution in [0.15, 0.2) is 35.4 Å². The van der Waals surface area contributed by atoms with Gasteiger partial charge < -0.3 is 15.0 Å². The molecule has 122 valence electrons. The number of nitrogens with two attached hydrogens (primary N) is 1. The van der Waals surface area contributed by atoms with E-state index in [1.807, 2.05) is 24.3 Å². The Bertz CT molecular complexity index is 962. The van der Waals surface area contributed by atoms with Crippen molar-refractivity contribution in [2.45, 2.75) is 18.2 Å². The number of nitrogens with zero attached hydrogens (tertiary/aromatic N) is 2. The molecule has 1 atom stereocenters. The van der Waals surface area contributed by atoms with Crippen LogP contribution in [0.5, 0.6) is 0 Å². The zero-order chi connectivity index (χ0) is 16.8. The van der Waals surface area contributed by atoms with Gasteiger partial charge in [0, 0.05) is 22.8 Å². The van der Waals surface area contributed by atoms with E-state index >= 15 is 0 Å². The lowest BCUT2D eigenvalue weighted by Gasteiger charge is -2.20. The number of nitrogen functional groups attached to an aromatic ring is 1. The highest BCUT2D eigenvalue weighted by molar-refractivity contribution is 7.90. The summed E-state index contributed by atoms with van der Waals surface area (Å²) in [6.45, 7) is 1.10. The summed E-state index contributed by atoms with van der Waals surface area (Å²) >= 11 is 5.29. The zero-order valence-corrected chi connectivity index (χ0v) is 14.4. The third-order valence-corrected chi connectivity index (χ3v) is 5.16. The van der Waals surface area contributed by atoms with Crippen molar-refractivity contribution in [3.05, 3.63) is 46.5 Å². The summed E-state index contributed by atoms with van der Waals surface area (Å²) in [7, 11) is 0. The first-order valence-electron chi connectivity index (χ1n) is 7.33. The van der Waals surface area contributed by atoms with Crippen molar-refractivity contribution in [2.24, 2.45) is 0 Å². The number of hydrogen-bond acceptors (Lipinski definition) is 5. The predicted molar refractivity (Wildman–Crippen MR) is 95.2 cm³/mol. The Morgan fingerprint density at radius 3 is 2.79 bits per heavy atom. The highest BCUT2D eigenvalue weighted by Gasteiger charge is 2.21. The van der Waals surface area contributed by atoms with Crippen molar-refractivity contribution in [2.75, 3.05) is 12.0 Å². The van der Waals surface area contributed by atoms with Gasteiger partial charge in [-0.3, -0.25) is 0 Å². The first-order chi connectivity index (χ1) is 11.5. The van der Waals surface area contributed by atoms with E-state index in [1.54, 1.807) is 12.3 Å². The van der Waals surface area contributed by atoms with Crippen LogP contribution in [0.25, 0.3) is 22.0 Å². The molecular formula is C17H14ClN3O2S. The van der Waals surface area contributed by atoms with Crippen molar-refractivity contribution in [1.29, 1.82) is 0 Å². The van der Waals surface area contributed by atoms with Crippen LogP contribution < -0.4 is 5.73 Å². The quantitative estimate of drug-likeness (QED) is 0.560. The van der Waals surface area contributed by atoms with Gasteiger partial charge in [0.2, 0.25) is 11.0 Å². The van der Waals surface area contributed by atoms with Crippen molar-refractivity contribution < 1.29 is 9.29 Å². The van der Waals surface area contributed by atoms with E-state index < -0.39 is 11.2 Å². The summed E-state index contributed by atoms with van der Waals surface area (Å²) in [6, 6.07) is 9.61. The molecule has 1 unspecified atom stereocenters. The Labute approximate surface area is 147 Å². The second-order valence-electron chi connectivity index (χ2n) is 5.63. The first-order valence-corrected chi connectivity index (χ1v) is 9.27. The summed E-state index contributed by atoms with van der Waals surface area (Å²) in [6.07, 6.45) is 1.56. The van der Waals surface area contributed by atoms with E-state index in [9.17, 15) is 4.55 Å². The SMILES string of the molecule is C[S+]([O-])c1cc(-c2c(Cl)cc3c4c(cccc24)COC3)nc(N)n1. The van der Waals surface area contributed by atoms with Gasteiger partial charge in [-0.2, -0.15) is 4.98 Å². The van der Waals surface area contributed by atoms with Crippen molar-refractivity contribution >= 4 is 39.5 Å². The van der Waals surface area contributed by atoms with E-state index in [0.717, 1.165) is 27.5 Å². The Morgan fingerprint density at radius 1 is 1.21 bits per heavy atom. The van der Waals surface area contributed by atoms with E-state index in [1.165, 1.54) is 0 Å². The van der Waals surface area contributed by atoms with Gasteiger partial charge in [0.1, 0.15) is 6.26 Å².